The second-order valence-corrected chi connectivity index (χ2v) is 8.96. The fourth-order valence-electron chi connectivity index (χ4n) is 3.58. The van der Waals surface area contributed by atoms with Gasteiger partial charge in [-0.15, -0.1) is 11.3 Å². The van der Waals surface area contributed by atoms with Gasteiger partial charge < -0.3 is 15.0 Å². The molecular formula is C22H29N5OS. The number of ether oxygens (including phenoxy) is 1. The Morgan fingerprint density at radius 3 is 2.72 bits per heavy atom. The van der Waals surface area contributed by atoms with Gasteiger partial charge in [0.2, 0.25) is 0 Å². The highest BCUT2D eigenvalue weighted by atomic mass is 32.1. The number of nitrogens with one attached hydrogen (secondary N) is 1. The van der Waals surface area contributed by atoms with Crippen LogP contribution in [0.1, 0.15) is 21.8 Å². The van der Waals surface area contributed by atoms with E-state index < -0.39 is 0 Å². The van der Waals surface area contributed by atoms with Crippen molar-refractivity contribution >= 4 is 33.1 Å². The van der Waals surface area contributed by atoms with E-state index in [9.17, 15) is 0 Å². The van der Waals surface area contributed by atoms with Gasteiger partial charge in [0.1, 0.15) is 16.5 Å². The fraction of sp³-hybridized carbons (Fsp3) is 0.455. The zero-order valence-electron chi connectivity index (χ0n) is 17.7. The van der Waals surface area contributed by atoms with Crippen LogP contribution in [0.15, 0.2) is 24.3 Å². The number of rotatable bonds is 6. The van der Waals surface area contributed by atoms with Gasteiger partial charge in [-0.1, -0.05) is 12.1 Å². The summed E-state index contributed by atoms with van der Waals surface area (Å²) in [5.41, 5.74) is 3.71. The maximum absolute atomic E-state index is 5.47. The van der Waals surface area contributed by atoms with Gasteiger partial charge in [-0.2, -0.15) is 0 Å². The summed E-state index contributed by atoms with van der Waals surface area (Å²) >= 11 is 1.76. The molecular weight excluding hydrogens is 382 g/mol. The first kappa shape index (κ1) is 20.1. The van der Waals surface area contributed by atoms with Crippen LogP contribution in [-0.2, 0) is 17.8 Å². The van der Waals surface area contributed by atoms with Crippen molar-refractivity contribution in [2.75, 3.05) is 50.6 Å². The quantitative estimate of drug-likeness (QED) is 0.666. The Bertz CT molecular complexity index is 994. The third kappa shape index (κ3) is 4.52. The van der Waals surface area contributed by atoms with Crippen molar-refractivity contribution in [3.63, 3.8) is 0 Å². The second-order valence-electron chi connectivity index (χ2n) is 7.76. The highest BCUT2D eigenvalue weighted by Crippen LogP contribution is 2.33. The fourth-order valence-corrected chi connectivity index (χ4v) is 4.63. The molecule has 0 atom stereocenters. The molecule has 0 unspecified atom stereocenters. The molecule has 0 bridgehead atoms. The largest absolute Gasteiger partial charge is 0.379 e. The van der Waals surface area contributed by atoms with Gasteiger partial charge in [-0.25, -0.2) is 9.97 Å². The summed E-state index contributed by atoms with van der Waals surface area (Å²) in [7, 11) is 4.13. The predicted octanol–water partition coefficient (Wildman–Crippen LogP) is 3.82. The minimum atomic E-state index is 0.735. The van der Waals surface area contributed by atoms with Crippen LogP contribution in [0.5, 0.6) is 0 Å². The highest BCUT2D eigenvalue weighted by Gasteiger charge is 2.17. The predicted molar refractivity (Wildman–Crippen MR) is 121 cm³/mol. The lowest BCUT2D eigenvalue weighted by Gasteiger charge is -2.25. The Morgan fingerprint density at radius 1 is 1.17 bits per heavy atom. The Kier molecular flexibility index (Phi) is 5.99. The molecule has 4 rings (SSSR count). The molecule has 154 valence electrons. The summed E-state index contributed by atoms with van der Waals surface area (Å²) in [4.78, 5) is 16.7. The normalized spacial score (nSPS) is 15.0. The molecule has 6 nitrogen and oxygen atoms in total. The van der Waals surface area contributed by atoms with E-state index >= 15 is 0 Å². The zero-order valence-corrected chi connectivity index (χ0v) is 18.5. The molecule has 29 heavy (non-hydrogen) atoms. The second kappa shape index (κ2) is 8.65. The van der Waals surface area contributed by atoms with Gasteiger partial charge in [-0.05, 0) is 37.1 Å². The van der Waals surface area contributed by atoms with Crippen molar-refractivity contribution in [2.24, 2.45) is 0 Å². The molecule has 0 saturated carbocycles. The van der Waals surface area contributed by atoms with Gasteiger partial charge in [0.15, 0.2) is 0 Å². The maximum atomic E-state index is 5.47. The van der Waals surface area contributed by atoms with Crippen molar-refractivity contribution in [2.45, 2.75) is 26.9 Å². The molecule has 0 aliphatic carbocycles. The number of hydrogen-bond donors (Lipinski definition) is 1. The summed E-state index contributed by atoms with van der Waals surface area (Å²) in [5.74, 6) is 1.82. The number of morpholine rings is 1. The molecule has 0 amide bonds. The molecule has 3 aromatic rings. The molecule has 1 aromatic carbocycles. The van der Waals surface area contributed by atoms with Crippen molar-refractivity contribution in [3.8, 4) is 0 Å². The molecule has 3 heterocycles. The molecule has 2 aromatic heterocycles. The average Bonchev–Trinajstić information content (AvgIpc) is 3.01. The van der Waals surface area contributed by atoms with Crippen molar-refractivity contribution in [3.05, 3.63) is 46.1 Å². The molecule has 0 spiro atoms. The lowest BCUT2D eigenvalue weighted by molar-refractivity contribution is 0.0331. The topological polar surface area (TPSA) is 53.5 Å². The van der Waals surface area contributed by atoms with Crippen LogP contribution in [0.4, 0.5) is 11.5 Å². The minimum absolute atomic E-state index is 0.735. The number of fused-ring (bicyclic) bond motifs is 1. The summed E-state index contributed by atoms with van der Waals surface area (Å²) in [6.45, 7) is 9.26. The van der Waals surface area contributed by atoms with Crippen LogP contribution < -0.4 is 10.2 Å². The Labute approximate surface area is 176 Å². The third-order valence-electron chi connectivity index (χ3n) is 5.43. The first-order valence-electron chi connectivity index (χ1n) is 10.1. The van der Waals surface area contributed by atoms with Crippen molar-refractivity contribution < 1.29 is 4.74 Å². The molecule has 7 heteroatoms. The first-order valence-corrected chi connectivity index (χ1v) is 10.9. The molecule has 0 radical (unpaired) electrons. The Morgan fingerprint density at radius 2 is 1.97 bits per heavy atom. The maximum Gasteiger partial charge on any atom is 0.146 e. The highest BCUT2D eigenvalue weighted by molar-refractivity contribution is 7.18. The van der Waals surface area contributed by atoms with E-state index in [1.807, 2.05) is 0 Å². The van der Waals surface area contributed by atoms with Crippen LogP contribution >= 0.6 is 11.3 Å². The SMILES string of the molecule is Cc1sc2nc(CN3CCOCC3)nc(NCc3cccc(N(C)C)c3)c2c1C. The number of nitrogens with zero attached hydrogens (tertiary/aromatic N) is 4. The average molecular weight is 412 g/mol. The van der Waals surface area contributed by atoms with Crippen LogP contribution in [0.25, 0.3) is 10.2 Å². The lowest BCUT2D eigenvalue weighted by atomic mass is 10.1. The molecule has 1 saturated heterocycles. The van der Waals surface area contributed by atoms with E-state index in [1.54, 1.807) is 11.3 Å². The van der Waals surface area contributed by atoms with Gasteiger partial charge in [0.05, 0.1) is 25.1 Å². The molecule has 1 N–H and O–H groups in total. The molecule has 1 aliphatic heterocycles. The summed E-state index contributed by atoms with van der Waals surface area (Å²) in [6.07, 6.45) is 0. The van der Waals surface area contributed by atoms with E-state index in [4.69, 9.17) is 14.7 Å². The number of hydrogen-bond acceptors (Lipinski definition) is 7. The standard InChI is InChI=1S/C22H29N5OS/c1-15-16(2)29-22-20(15)21(23-13-17-6-5-7-18(12-17)26(3)4)24-19(25-22)14-27-8-10-28-11-9-27/h5-7,12H,8-11,13-14H2,1-4H3,(H,23,24,25). The summed E-state index contributed by atoms with van der Waals surface area (Å²) < 4.78 is 5.47. The van der Waals surface area contributed by atoms with Crippen molar-refractivity contribution in [1.29, 1.82) is 0 Å². The van der Waals surface area contributed by atoms with Gasteiger partial charge in [0.25, 0.3) is 0 Å². The monoisotopic (exact) mass is 411 g/mol. The number of aryl methyl sites for hydroxylation is 2. The first-order chi connectivity index (χ1) is 14.0. The van der Waals surface area contributed by atoms with Crippen LogP contribution in [-0.4, -0.2) is 55.3 Å². The minimum Gasteiger partial charge on any atom is -0.379 e. The Balaban J connectivity index is 1.61. The molecule has 1 aliphatic rings. The summed E-state index contributed by atoms with van der Waals surface area (Å²) in [5, 5.41) is 4.75. The number of benzene rings is 1. The third-order valence-corrected chi connectivity index (χ3v) is 6.53. The van der Waals surface area contributed by atoms with E-state index in [0.717, 1.165) is 61.3 Å². The summed E-state index contributed by atoms with van der Waals surface area (Å²) in [6, 6.07) is 8.59. The van der Waals surface area contributed by atoms with Crippen molar-refractivity contribution in [1.82, 2.24) is 14.9 Å². The zero-order chi connectivity index (χ0) is 20.4. The number of thiophene rings is 1. The lowest BCUT2D eigenvalue weighted by Crippen LogP contribution is -2.36. The van der Waals surface area contributed by atoms with Crippen LogP contribution in [0, 0.1) is 13.8 Å². The van der Waals surface area contributed by atoms with Crippen LogP contribution in [0.3, 0.4) is 0 Å². The Hall–Kier alpha value is -2.22. The van der Waals surface area contributed by atoms with E-state index in [0.29, 0.717) is 0 Å². The van der Waals surface area contributed by atoms with Crippen LogP contribution in [0.2, 0.25) is 0 Å². The molecule has 1 fully saturated rings. The van der Waals surface area contributed by atoms with E-state index in [2.05, 4.69) is 67.3 Å². The number of anilines is 2. The van der Waals surface area contributed by atoms with E-state index in [-0.39, 0.29) is 0 Å². The van der Waals surface area contributed by atoms with Gasteiger partial charge >= 0.3 is 0 Å². The number of aromatic nitrogens is 2. The van der Waals surface area contributed by atoms with E-state index in [1.165, 1.54) is 21.7 Å². The van der Waals surface area contributed by atoms with Gasteiger partial charge in [0, 0.05) is 44.3 Å². The smallest absolute Gasteiger partial charge is 0.146 e. The van der Waals surface area contributed by atoms with Gasteiger partial charge in [-0.3, -0.25) is 4.90 Å².